The third-order valence-corrected chi connectivity index (χ3v) is 4.40. The molecule has 2 rings (SSSR count). The number of amides is 1. The van der Waals surface area contributed by atoms with Crippen LogP contribution in [0.1, 0.15) is 29.5 Å². The second kappa shape index (κ2) is 7.57. The molecule has 0 spiro atoms. The van der Waals surface area contributed by atoms with Gasteiger partial charge in [-0.1, -0.05) is 18.2 Å². The summed E-state index contributed by atoms with van der Waals surface area (Å²) in [6, 6.07) is 5.87. The smallest absolute Gasteiger partial charge is 0.237 e. The Hall–Kier alpha value is -1.39. The zero-order valence-corrected chi connectivity index (χ0v) is 13.0. The zero-order chi connectivity index (χ0) is 15.2. The number of rotatable bonds is 5. The standard InChI is InChI=1S/C17H26N2O2/c1-12-4-3-5-13(2)15(12)6-9-19-17(20)16(18)14-7-10-21-11-8-14/h3-5,14,16H,6-11,18H2,1-2H3,(H,19,20). The van der Waals surface area contributed by atoms with E-state index in [1.165, 1.54) is 16.7 Å². The number of nitrogens with two attached hydrogens (primary N) is 1. The summed E-state index contributed by atoms with van der Waals surface area (Å²) in [6.07, 6.45) is 2.61. The predicted octanol–water partition coefficient (Wildman–Crippen LogP) is 1.72. The molecule has 0 aromatic heterocycles. The summed E-state index contributed by atoms with van der Waals surface area (Å²) in [6.45, 7) is 6.29. The van der Waals surface area contributed by atoms with Crippen LogP contribution in [-0.4, -0.2) is 31.7 Å². The Kier molecular flexibility index (Phi) is 5.76. The first-order valence-corrected chi connectivity index (χ1v) is 7.75. The Morgan fingerprint density at radius 1 is 1.33 bits per heavy atom. The quantitative estimate of drug-likeness (QED) is 0.868. The average Bonchev–Trinajstić information content (AvgIpc) is 2.50. The SMILES string of the molecule is Cc1cccc(C)c1CCNC(=O)C(N)C1CCOCC1. The summed E-state index contributed by atoms with van der Waals surface area (Å²) in [7, 11) is 0. The minimum absolute atomic E-state index is 0.0341. The highest BCUT2D eigenvalue weighted by Gasteiger charge is 2.26. The number of nitrogens with one attached hydrogen (secondary N) is 1. The molecule has 1 unspecified atom stereocenters. The van der Waals surface area contributed by atoms with Crippen molar-refractivity contribution >= 4 is 5.91 Å². The number of hydrogen-bond donors (Lipinski definition) is 2. The fraction of sp³-hybridized carbons (Fsp3) is 0.588. The van der Waals surface area contributed by atoms with Crippen molar-refractivity contribution in [3.05, 3.63) is 34.9 Å². The first-order valence-electron chi connectivity index (χ1n) is 7.75. The van der Waals surface area contributed by atoms with Gasteiger partial charge in [-0.15, -0.1) is 0 Å². The molecule has 1 fully saturated rings. The molecule has 0 radical (unpaired) electrons. The summed E-state index contributed by atoms with van der Waals surface area (Å²) in [5.41, 5.74) is 9.93. The molecule has 1 heterocycles. The van der Waals surface area contributed by atoms with E-state index in [-0.39, 0.29) is 11.8 Å². The molecule has 3 N–H and O–H groups in total. The van der Waals surface area contributed by atoms with Gasteiger partial charge in [0.25, 0.3) is 0 Å². The fourth-order valence-electron chi connectivity index (χ4n) is 2.96. The summed E-state index contributed by atoms with van der Waals surface area (Å²) in [5.74, 6) is 0.215. The first-order chi connectivity index (χ1) is 10.1. The lowest BCUT2D eigenvalue weighted by atomic mass is 9.92. The highest BCUT2D eigenvalue weighted by Crippen LogP contribution is 2.18. The van der Waals surface area contributed by atoms with Gasteiger partial charge >= 0.3 is 0 Å². The Bertz CT molecular complexity index is 461. The molecular weight excluding hydrogens is 264 g/mol. The van der Waals surface area contributed by atoms with E-state index in [1.54, 1.807) is 0 Å². The van der Waals surface area contributed by atoms with E-state index in [1.807, 2.05) is 0 Å². The lowest BCUT2D eigenvalue weighted by molar-refractivity contribution is -0.124. The highest BCUT2D eigenvalue weighted by atomic mass is 16.5. The van der Waals surface area contributed by atoms with Crippen molar-refractivity contribution in [2.45, 2.75) is 39.2 Å². The average molecular weight is 290 g/mol. The molecule has 1 amide bonds. The van der Waals surface area contributed by atoms with Gasteiger partial charge in [-0.3, -0.25) is 4.79 Å². The molecule has 1 aromatic carbocycles. The van der Waals surface area contributed by atoms with Crippen LogP contribution < -0.4 is 11.1 Å². The molecule has 0 aliphatic carbocycles. The van der Waals surface area contributed by atoms with Gasteiger partial charge in [0, 0.05) is 19.8 Å². The molecule has 4 nitrogen and oxygen atoms in total. The number of aryl methyl sites for hydroxylation is 2. The first kappa shape index (κ1) is 16.0. The van der Waals surface area contributed by atoms with E-state index in [4.69, 9.17) is 10.5 Å². The van der Waals surface area contributed by atoms with E-state index in [0.717, 1.165) is 19.3 Å². The van der Waals surface area contributed by atoms with Gasteiger partial charge in [0.05, 0.1) is 6.04 Å². The van der Waals surface area contributed by atoms with E-state index in [9.17, 15) is 4.79 Å². The van der Waals surface area contributed by atoms with Crippen molar-refractivity contribution in [3.8, 4) is 0 Å². The minimum atomic E-state index is -0.410. The molecule has 1 aliphatic heterocycles. The van der Waals surface area contributed by atoms with Crippen LogP contribution in [0.25, 0.3) is 0 Å². The van der Waals surface area contributed by atoms with Crippen LogP contribution in [0.2, 0.25) is 0 Å². The molecule has 1 atom stereocenters. The maximum atomic E-state index is 12.1. The van der Waals surface area contributed by atoms with Crippen molar-refractivity contribution in [2.24, 2.45) is 11.7 Å². The Labute approximate surface area is 127 Å². The van der Waals surface area contributed by atoms with Crippen molar-refractivity contribution in [3.63, 3.8) is 0 Å². The summed E-state index contributed by atoms with van der Waals surface area (Å²) < 4.78 is 5.31. The van der Waals surface area contributed by atoms with Gasteiger partial charge in [-0.25, -0.2) is 0 Å². The van der Waals surface area contributed by atoms with Crippen molar-refractivity contribution in [2.75, 3.05) is 19.8 Å². The molecule has 0 bridgehead atoms. The van der Waals surface area contributed by atoms with E-state index < -0.39 is 6.04 Å². The predicted molar refractivity (Wildman–Crippen MR) is 84.1 cm³/mol. The fourth-order valence-corrected chi connectivity index (χ4v) is 2.96. The van der Waals surface area contributed by atoms with Crippen LogP contribution >= 0.6 is 0 Å². The zero-order valence-electron chi connectivity index (χ0n) is 13.0. The number of ether oxygens (including phenoxy) is 1. The second-order valence-electron chi connectivity index (χ2n) is 5.89. The normalized spacial score (nSPS) is 17.5. The van der Waals surface area contributed by atoms with Crippen LogP contribution in [-0.2, 0) is 16.0 Å². The van der Waals surface area contributed by atoms with Crippen LogP contribution in [0.4, 0.5) is 0 Å². The molecular formula is C17H26N2O2. The number of hydrogen-bond acceptors (Lipinski definition) is 3. The maximum absolute atomic E-state index is 12.1. The van der Waals surface area contributed by atoms with Crippen molar-refractivity contribution < 1.29 is 9.53 Å². The minimum Gasteiger partial charge on any atom is -0.381 e. The Morgan fingerprint density at radius 2 is 1.95 bits per heavy atom. The van der Waals surface area contributed by atoms with Gasteiger partial charge in [-0.2, -0.15) is 0 Å². The lowest BCUT2D eigenvalue weighted by Gasteiger charge is -2.26. The van der Waals surface area contributed by atoms with Crippen molar-refractivity contribution in [1.29, 1.82) is 0 Å². The highest BCUT2D eigenvalue weighted by molar-refractivity contribution is 5.81. The summed E-state index contributed by atoms with van der Waals surface area (Å²) in [4.78, 5) is 12.1. The third kappa shape index (κ3) is 4.29. The van der Waals surface area contributed by atoms with Crippen molar-refractivity contribution in [1.82, 2.24) is 5.32 Å². The van der Waals surface area contributed by atoms with Crippen LogP contribution in [0.3, 0.4) is 0 Å². The molecule has 21 heavy (non-hydrogen) atoms. The molecule has 4 heteroatoms. The van der Waals surface area contributed by atoms with Crippen LogP contribution in [0.5, 0.6) is 0 Å². The van der Waals surface area contributed by atoms with Gasteiger partial charge in [0.2, 0.25) is 5.91 Å². The molecule has 1 saturated heterocycles. The second-order valence-corrected chi connectivity index (χ2v) is 5.89. The topological polar surface area (TPSA) is 64.4 Å². The molecule has 1 aliphatic rings. The van der Waals surface area contributed by atoms with E-state index in [2.05, 4.69) is 37.4 Å². The van der Waals surface area contributed by atoms with Crippen LogP contribution in [0, 0.1) is 19.8 Å². The van der Waals surface area contributed by atoms with Gasteiger partial charge in [0.15, 0.2) is 0 Å². The lowest BCUT2D eigenvalue weighted by Crippen LogP contribution is -2.47. The number of benzene rings is 1. The molecule has 0 saturated carbocycles. The summed E-state index contributed by atoms with van der Waals surface area (Å²) >= 11 is 0. The van der Waals surface area contributed by atoms with Crippen LogP contribution in [0.15, 0.2) is 18.2 Å². The van der Waals surface area contributed by atoms with E-state index >= 15 is 0 Å². The monoisotopic (exact) mass is 290 g/mol. The third-order valence-electron chi connectivity index (χ3n) is 4.40. The number of carbonyl (C=O) groups is 1. The Morgan fingerprint density at radius 3 is 2.57 bits per heavy atom. The summed E-state index contributed by atoms with van der Waals surface area (Å²) in [5, 5.41) is 2.98. The molecule has 116 valence electrons. The van der Waals surface area contributed by atoms with Gasteiger partial charge in [-0.05, 0) is 55.7 Å². The largest absolute Gasteiger partial charge is 0.381 e. The Balaban J connectivity index is 1.81. The van der Waals surface area contributed by atoms with Gasteiger partial charge in [0.1, 0.15) is 0 Å². The van der Waals surface area contributed by atoms with E-state index in [0.29, 0.717) is 19.8 Å². The number of carbonyl (C=O) groups excluding carboxylic acids is 1. The molecule has 1 aromatic rings. The maximum Gasteiger partial charge on any atom is 0.237 e. The van der Waals surface area contributed by atoms with Gasteiger partial charge < -0.3 is 15.8 Å².